The lowest BCUT2D eigenvalue weighted by Crippen LogP contribution is -2.19. The molecule has 0 N–H and O–H groups in total. The van der Waals surface area contributed by atoms with Gasteiger partial charge in [0.05, 0.1) is 17.4 Å². The van der Waals surface area contributed by atoms with Crippen LogP contribution in [0.1, 0.15) is 30.6 Å². The van der Waals surface area contributed by atoms with Crippen LogP contribution in [0.2, 0.25) is 5.02 Å². The first kappa shape index (κ1) is 15.9. The molecule has 0 fully saturated rings. The molecule has 1 aromatic carbocycles. The fourth-order valence-corrected chi connectivity index (χ4v) is 2.82. The van der Waals surface area contributed by atoms with Crippen LogP contribution in [0, 0.1) is 16.6 Å². The number of nitriles is 1. The summed E-state index contributed by atoms with van der Waals surface area (Å²) in [6, 6.07) is 4.94. The average Bonchev–Trinajstić information content (AvgIpc) is 2.36. The summed E-state index contributed by atoms with van der Waals surface area (Å²) in [5, 5.41) is 10.8. The molecule has 0 amide bonds. The summed E-state index contributed by atoms with van der Waals surface area (Å²) in [4.78, 5) is 12.4. The zero-order chi connectivity index (χ0) is 14.4. The lowest BCUT2D eigenvalue weighted by atomic mass is 10.0. The molecule has 1 aromatic rings. The van der Waals surface area contributed by atoms with E-state index in [4.69, 9.17) is 21.6 Å². The molecule has 3 nitrogen and oxygen atoms in total. The Morgan fingerprint density at radius 3 is 2.68 bits per heavy atom. The Labute approximate surface area is 122 Å². The molecule has 0 bridgehead atoms. The van der Waals surface area contributed by atoms with E-state index < -0.39 is 0 Å². The van der Waals surface area contributed by atoms with Gasteiger partial charge in [-0.3, -0.25) is 4.79 Å². The predicted molar refractivity (Wildman–Crippen MR) is 78.8 cm³/mol. The first-order valence-electron chi connectivity index (χ1n) is 5.92. The first-order valence-corrected chi connectivity index (χ1v) is 7.17. The van der Waals surface area contributed by atoms with E-state index in [1.54, 1.807) is 18.2 Å². The molecule has 19 heavy (non-hydrogen) atoms. The molecule has 1 rings (SSSR count). The van der Waals surface area contributed by atoms with E-state index in [-0.39, 0.29) is 11.0 Å². The number of carbonyl (C=O) groups excluding carboxylic acids is 1. The van der Waals surface area contributed by atoms with Gasteiger partial charge in [0.2, 0.25) is 0 Å². The number of carbonyl (C=O) groups is 1. The van der Waals surface area contributed by atoms with Crippen molar-refractivity contribution in [1.82, 2.24) is 0 Å². The number of hydrogen-bond acceptors (Lipinski definition) is 4. The number of thiocyanates is 1. The van der Waals surface area contributed by atoms with Crippen LogP contribution in [0.5, 0.6) is 5.75 Å². The minimum absolute atomic E-state index is 0.0650. The van der Waals surface area contributed by atoms with Crippen molar-refractivity contribution >= 4 is 29.1 Å². The van der Waals surface area contributed by atoms with E-state index in [1.165, 1.54) is 7.11 Å². The Hall–Kier alpha value is -1.18. The number of rotatable bonds is 6. The lowest BCUT2D eigenvalue weighted by Gasteiger charge is -2.14. The van der Waals surface area contributed by atoms with Crippen LogP contribution in [-0.2, 0) is 0 Å². The number of methoxy groups -OCH3 is 1. The molecular weight excluding hydrogens is 282 g/mol. The van der Waals surface area contributed by atoms with Gasteiger partial charge in [-0.2, -0.15) is 5.26 Å². The molecular formula is C14H16ClNO2S. The van der Waals surface area contributed by atoms with Gasteiger partial charge >= 0.3 is 0 Å². The largest absolute Gasteiger partial charge is 0.495 e. The van der Waals surface area contributed by atoms with Crippen LogP contribution in [0.4, 0.5) is 0 Å². The topological polar surface area (TPSA) is 50.1 Å². The summed E-state index contributed by atoms with van der Waals surface area (Å²) in [5.41, 5.74) is 0.513. The summed E-state index contributed by atoms with van der Waals surface area (Å²) in [5.74, 6) is 0.819. The van der Waals surface area contributed by atoms with E-state index in [1.807, 2.05) is 19.2 Å². The maximum Gasteiger partial charge on any atom is 0.176 e. The SMILES string of the molecule is COc1ccc(C(=O)C(CC(C)C)SC#N)cc1Cl. The monoisotopic (exact) mass is 297 g/mol. The Kier molecular flexibility index (Phi) is 6.20. The predicted octanol–water partition coefficient (Wildman–Crippen LogP) is 4.16. The number of ether oxygens (including phenoxy) is 1. The normalized spacial score (nSPS) is 12.0. The van der Waals surface area contributed by atoms with Gasteiger partial charge < -0.3 is 4.74 Å². The third-order valence-corrected chi connectivity index (χ3v) is 3.70. The smallest absolute Gasteiger partial charge is 0.176 e. The first-order chi connectivity index (χ1) is 8.99. The number of halogens is 1. The highest BCUT2D eigenvalue weighted by Gasteiger charge is 2.22. The number of nitrogens with zero attached hydrogens (tertiary/aromatic N) is 1. The lowest BCUT2D eigenvalue weighted by molar-refractivity contribution is 0.0982. The molecule has 0 saturated carbocycles. The summed E-state index contributed by atoms with van der Waals surface area (Å²) in [7, 11) is 1.52. The number of benzene rings is 1. The Morgan fingerprint density at radius 1 is 1.53 bits per heavy atom. The number of ketones is 1. The average molecular weight is 298 g/mol. The van der Waals surface area contributed by atoms with Gasteiger partial charge in [-0.05, 0) is 42.3 Å². The molecule has 0 spiro atoms. The van der Waals surface area contributed by atoms with E-state index in [9.17, 15) is 4.79 Å². The fourth-order valence-electron chi connectivity index (χ4n) is 1.71. The van der Waals surface area contributed by atoms with Crippen molar-refractivity contribution < 1.29 is 9.53 Å². The van der Waals surface area contributed by atoms with Gasteiger partial charge in [0.25, 0.3) is 0 Å². The standard InChI is InChI=1S/C14H16ClNO2S/c1-9(2)6-13(19-8-16)14(17)10-4-5-12(18-3)11(15)7-10/h4-5,7,9,13H,6H2,1-3H3. The van der Waals surface area contributed by atoms with E-state index >= 15 is 0 Å². The minimum Gasteiger partial charge on any atom is -0.495 e. The summed E-state index contributed by atoms with van der Waals surface area (Å²) >= 11 is 7.02. The fraction of sp³-hybridized carbons (Fsp3) is 0.429. The second-order valence-electron chi connectivity index (χ2n) is 4.54. The molecule has 102 valence electrons. The number of hydrogen-bond donors (Lipinski definition) is 0. The summed E-state index contributed by atoms with van der Waals surface area (Å²) in [6.07, 6.45) is 0.667. The van der Waals surface area contributed by atoms with E-state index in [0.717, 1.165) is 11.8 Å². The summed E-state index contributed by atoms with van der Waals surface area (Å²) < 4.78 is 5.05. The maximum atomic E-state index is 12.4. The van der Waals surface area contributed by atoms with Crippen LogP contribution in [0.15, 0.2) is 18.2 Å². The molecule has 0 aliphatic heterocycles. The zero-order valence-electron chi connectivity index (χ0n) is 11.1. The van der Waals surface area contributed by atoms with E-state index in [0.29, 0.717) is 28.7 Å². The second-order valence-corrected chi connectivity index (χ2v) is 5.94. The molecule has 1 unspecified atom stereocenters. The molecule has 0 aliphatic carbocycles. The van der Waals surface area contributed by atoms with Gasteiger partial charge in [-0.15, -0.1) is 0 Å². The maximum absolute atomic E-state index is 12.4. The van der Waals surface area contributed by atoms with Gasteiger partial charge in [0, 0.05) is 5.56 Å². The molecule has 0 radical (unpaired) electrons. The van der Waals surface area contributed by atoms with Crippen molar-refractivity contribution in [3.8, 4) is 11.2 Å². The number of Topliss-reactive ketones (excluding diaryl/α,β-unsaturated/α-hetero) is 1. The van der Waals surface area contributed by atoms with E-state index in [2.05, 4.69) is 0 Å². The van der Waals surface area contributed by atoms with Gasteiger partial charge in [0.1, 0.15) is 11.2 Å². The van der Waals surface area contributed by atoms with Crippen LogP contribution in [0.3, 0.4) is 0 Å². The second kappa shape index (κ2) is 7.42. The molecule has 0 heterocycles. The molecule has 1 atom stereocenters. The molecule has 0 aliphatic rings. The van der Waals surface area contributed by atoms with Gasteiger partial charge in [-0.1, -0.05) is 25.4 Å². The van der Waals surface area contributed by atoms with Crippen molar-refractivity contribution in [1.29, 1.82) is 5.26 Å². The highest BCUT2D eigenvalue weighted by atomic mass is 35.5. The quantitative estimate of drug-likeness (QED) is 0.584. The van der Waals surface area contributed by atoms with Crippen molar-refractivity contribution in [3.63, 3.8) is 0 Å². The minimum atomic E-state index is -0.352. The molecule has 5 heteroatoms. The van der Waals surface area contributed by atoms with Crippen LogP contribution < -0.4 is 4.74 Å². The van der Waals surface area contributed by atoms with Gasteiger partial charge in [0.15, 0.2) is 5.78 Å². The van der Waals surface area contributed by atoms with Crippen LogP contribution in [-0.4, -0.2) is 18.1 Å². The highest BCUT2D eigenvalue weighted by Crippen LogP contribution is 2.28. The van der Waals surface area contributed by atoms with Crippen molar-refractivity contribution in [2.24, 2.45) is 5.92 Å². The zero-order valence-corrected chi connectivity index (χ0v) is 12.7. The highest BCUT2D eigenvalue weighted by molar-refractivity contribution is 8.05. The van der Waals surface area contributed by atoms with Crippen molar-refractivity contribution in [3.05, 3.63) is 28.8 Å². The Morgan fingerprint density at radius 2 is 2.21 bits per heavy atom. The summed E-state index contributed by atoms with van der Waals surface area (Å²) in [6.45, 7) is 4.05. The Bertz CT molecular complexity index is 497. The molecule has 0 saturated heterocycles. The third kappa shape index (κ3) is 4.45. The Balaban J connectivity index is 2.96. The van der Waals surface area contributed by atoms with Gasteiger partial charge in [-0.25, -0.2) is 0 Å². The van der Waals surface area contributed by atoms with Crippen LogP contribution >= 0.6 is 23.4 Å². The molecule has 0 aromatic heterocycles. The van der Waals surface area contributed by atoms with Crippen molar-refractivity contribution in [2.75, 3.05) is 7.11 Å². The van der Waals surface area contributed by atoms with Crippen molar-refractivity contribution in [2.45, 2.75) is 25.5 Å². The van der Waals surface area contributed by atoms with Crippen LogP contribution in [0.25, 0.3) is 0 Å². The third-order valence-electron chi connectivity index (χ3n) is 2.61. The number of thioether (sulfide) groups is 1.